The van der Waals surface area contributed by atoms with Gasteiger partial charge in [-0.15, -0.1) is 0 Å². The van der Waals surface area contributed by atoms with E-state index in [9.17, 15) is 13.2 Å². The van der Waals surface area contributed by atoms with Gasteiger partial charge in [0, 0.05) is 12.6 Å². The summed E-state index contributed by atoms with van der Waals surface area (Å²) in [6, 6.07) is 16.6. The minimum absolute atomic E-state index is 0.0306. The lowest BCUT2D eigenvalue weighted by Crippen LogP contribution is -2.26. The highest BCUT2D eigenvalue weighted by Crippen LogP contribution is 2.20. The van der Waals surface area contributed by atoms with E-state index in [1.54, 1.807) is 43.4 Å². The highest BCUT2D eigenvalue weighted by Gasteiger charge is 2.19. The normalized spacial score (nSPS) is 11.2. The Balaban J connectivity index is 1.82. The summed E-state index contributed by atoms with van der Waals surface area (Å²) in [4.78, 5) is 14.1. The molecule has 0 aliphatic carbocycles. The van der Waals surface area contributed by atoms with E-state index in [2.05, 4.69) is 4.72 Å². The molecule has 0 atom stereocenters. The number of anilines is 1. The lowest BCUT2D eigenvalue weighted by Gasteiger charge is -2.16. The van der Waals surface area contributed by atoms with Crippen LogP contribution in [0.2, 0.25) is 0 Å². The van der Waals surface area contributed by atoms with Gasteiger partial charge >= 0.3 is 0 Å². The molecule has 1 amide bonds. The van der Waals surface area contributed by atoms with Crippen LogP contribution in [0, 0.1) is 6.92 Å². The van der Waals surface area contributed by atoms with Crippen molar-refractivity contribution in [2.45, 2.75) is 18.4 Å². The van der Waals surface area contributed by atoms with E-state index in [1.165, 1.54) is 23.3 Å². The standard InChI is InChI=1S/C20H20N2O4S/c1-15-7-3-4-11-19(15)21-27(24,25)18-10-5-8-16(13-18)20(23)22(2)14-17-9-6-12-26-17/h3-13,21H,14H2,1-2H3. The van der Waals surface area contributed by atoms with Crippen LogP contribution in [0.5, 0.6) is 0 Å². The summed E-state index contributed by atoms with van der Waals surface area (Å²) >= 11 is 0. The molecule has 0 spiro atoms. The fraction of sp³-hybridized carbons (Fsp3) is 0.150. The van der Waals surface area contributed by atoms with Gasteiger partial charge in [-0.2, -0.15) is 0 Å². The second kappa shape index (κ2) is 7.67. The third-order valence-corrected chi connectivity index (χ3v) is 5.46. The largest absolute Gasteiger partial charge is 0.467 e. The number of nitrogens with one attached hydrogen (secondary N) is 1. The first-order chi connectivity index (χ1) is 12.9. The van der Waals surface area contributed by atoms with Crippen LogP contribution in [0.1, 0.15) is 21.7 Å². The highest BCUT2D eigenvalue weighted by molar-refractivity contribution is 7.92. The predicted octanol–water partition coefficient (Wildman–Crippen LogP) is 3.66. The Bertz CT molecular complexity index is 1040. The van der Waals surface area contributed by atoms with Crippen molar-refractivity contribution in [1.29, 1.82) is 0 Å². The Hall–Kier alpha value is -3.06. The lowest BCUT2D eigenvalue weighted by atomic mass is 10.2. The first kappa shape index (κ1) is 18.7. The van der Waals surface area contributed by atoms with Crippen molar-refractivity contribution in [3.8, 4) is 0 Å². The molecule has 2 aromatic carbocycles. The zero-order valence-electron chi connectivity index (χ0n) is 15.0. The molecule has 0 fully saturated rings. The molecular formula is C20H20N2O4S. The summed E-state index contributed by atoms with van der Waals surface area (Å²) in [5.74, 6) is 0.357. The van der Waals surface area contributed by atoms with Crippen LogP contribution >= 0.6 is 0 Å². The number of furan rings is 1. The Morgan fingerprint density at radius 1 is 1.07 bits per heavy atom. The number of para-hydroxylation sites is 1. The molecule has 0 saturated carbocycles. The van der Waals surface area contributed by atoms with Gasteiger partial charge in [-0.3, -0.25) is 9.52 Å². The quantitative estimate of drug-likeness (QED) is 0.703. The van der Waals surface area contributed by atoms with Crippen LogP contribution in [0.25, 0.3) is 0 Å². The fourth-order valence-corrected chi connectivity index (χ4v) is 3.79. The van der Waals surface area contributed by atoms with E-state index in [0.717, 1.165) is 5.56 Å². The minimum Gasteiger partial charge on any atom is -0.467 e. The van der Waals surface area contributed by atoms with Gasteiger partial charge < -0.3 is 9.32 Å². The van der Waals surface area contributed by atoms with Gasteiger partial charge in [-0.05, 0) is 48.9 Å². The summed E-state index contributed by atoms with van der Waals surface area (Å²) < 4.78 is 33.2. The van der Waals surface area contributed by atoms with E-state index in [0.29, 0.717) is 18.0 Å². The van der Waals surface area contributed by atoms with E-state index in [1.807, 2.05) is 19.1 Å². The number of hydrogen-bond donors (Lipinski definition) is 1. The highest BCUT2D eigenvalue weighted by atomic mass is 32.2. The van der Waals surface area contributed by atoms with Crippen molar-refractivity contribution < 1.29 is 17.6 Å². The third kappa shape index (κ3) is 4.38. The fourth-order valence-electron chi connectivity index (χ4n) is 2.62. The molecule has 0 aliphatic rings. The number of carbonyl (C=O) groups excluding carboxylic acids is 1. The van der Waals surface area contributed by atoms with Gasteiger partial charge in [-0.1, -0.05) is 24.3 Å². The smallest absolute Gasteiger partial charge is 0.261 e. The first-order valence-electron chi connectivity index (χ1n) is 8.33. The second-order valence-electron chi connectivity index (χ2n) is 6.19. The van der Waals surface area contributed by atoms with Crippen LogP contribution in [-0.4, -0.2) is 26.3 Å². The number of carbonyl (C=O) groups is 1. The maximum absolute atomic E-state index is 12.7. The van der Waals surface area contributed by atoms with Crippen molar-refractivity contribution >= 4 is 21.6 Å². The molecule has 0 bridgehead atoms. The molecule has 0 radical (unpaired) electrons. The van der Waals surface area contributed by atoms with E-state index < -0.39 is 10.0 Å². The molecule has 140 valence electrons. The van der Waals surface area contributed by atoms with Gasteiger partial charge in [0.05, 0.1) is 23.4 Å². The van der Waals surface area contributed by atoms with Crippen molar-refractivity contribution in [2.24, 2.45) is 0 Å². The van der Waals surface area contributed by atoms with Crippen molar-refractivity contribution in [3.05, 3.63) is 83.8 Å². The van der Waals surface area contributed by atoms with Crippen LogP contribution in [0.4, 0.5) is 5.69 Å². The van der Waals surface area contributed by atoms with Crippen LogP contribution < -0.4 is 4.72 Å². The molecule has 1 aromatic heterocycles. The van der Waals surface area contributed by atoms with Crippen molar-refractivity contribution in [1.82, 2.24) is 4.90 Å². The van der Waals surface area contributed by atoms with E-state index in [4.69, 9.17) is 4.42 Å². The monoisotopic (exact) mass is 384 g/mol. The van der Waals surface area contributed by atoms with Gasteiger partial charge in [0.15, 0.2) is 0 Å². The van der Waals surface area contributed by atoms with Crippen LogP contribution in [-0.2, 0) is 16.6 Å². The summed E-state index contributed by atoms with van der Waals surface area (Å²) in [7, 11) is -2.17. The van der Waals surface area contributed by atoms with Gasteiger partial charge in [0.25, 0.3) is 15.9 Å². The molecule has 7 heteroatoms. The number of hydrogen-bond acceptors (Lipinski definition) is 4. The average molecular weight is 384 g/mol. The second-order valence-corrected chi connectivity index (χ2v) is 7.87. The van der Waals surface area contributed by atoms with E-state index in [-0.39, 0.29) is 16.4 Å². The van der Waals surface area contributed by atoms with Gasteiger partial charge in [0.2, 0.25) is 0 Å². The first-order valence-corrected chi connectivity index (χ1v) is 9.81. The van der Waals surface area contributed by atoms with E-state index >= 15 is 0 Å². The Kier molecular flexibility index (Phi) is 5.32. The number of sulfonamides is 1. The Morgan fingerprint density at radius 2 is 1.85 bits per heavy atom. The predicted molar refractivity (Wildman–Crippen MR) is 103 cm³/mol. The summed E-state index contributed by atoms with van der Waals surface area (Å²) in [6.45, 7) is 2.12. The van der Waals surface area contributed by atoms with Gasteiger partial charge in [0.1, 0.15) is 5.76 Å². The number of aryl methyl sites for hydroxylation is 1. The lowest BCUT2D eigenvalue weighted by molar-refractivity contribution is 0.0775. The Morgan fingerprint density at radius 3 is 2.56 bits per heavy atom. The number of rotatable bonds is 6. The van der Waals surface area contributed by atoms with Crippen molar-refractivity contribution in [2.75, 3.05) is 11.8 Å². The molecule has 1 heterocycles. The Labute approximate surface area is 158 Å². The van der Waals surface area contributed by atoms with Crippen LogP contribution in [0.15, 0.2) is 76.2 Å². The minimum atomic E-state index is -3.81. The SMILES string of the molecule is Cc1ccccc1NS(=O)(=O)c1cccc(C(=O)N(C)Cc2ccco2)c1. The molecule has 3 aromatic rings. The summed E-state index contributed by atoms with van der Waals surface area (Å²) in [5.41, 5.74) is 1.60. The average Bonchev–Trinajstić information content (AvgIpc) is 3.16. The summed E-state index contributed by atoms with van der Waals surface area (Å²) in [6.07, 6.45) is 1.54. The third-order valence-electron chi connectivity index (χ3n) is 4.10. The molecule has 3 rings (SSSR count). The number of benzene rings is 2. The molecule has 0 unspecified atom stereocenters. The summed E-state index contributed by atoms with van der Waals surface area (Å²) in [5, 5.41) is 0. The maximum atomic E-state index is 12.7. The molecular weight excluding hydrogens is 364 g/mol. The van der Waals surface area contributed by atoms with Crippen LogP contribution in [0.3, 0.4) is 0 Å². The molecule has 0 aliphatic heterocycles. The zero-order chi connectivity index (χ0) is 19.4. The maximum Gasteiger partial charge on any atom is 0.261 e. The zero-order valence-corrected chi connectivity index (χ0v) is 15.9. The number of nitrogens with zero attached hydrogens (tertiary/aromatic N) is 1. The van der Waals surface area contributed by atoms with Gasteiger partial charge in [-0.25, -0.2) is 8.42 Å². The molecule has 6 nitrogen and oxygen atoms in total. The molecule has 27 heavy (non-hydrogen) atoms. The molecule has 0 saturated heterocycles. The topological polar surface area (TPSA) is 79.6 Å². The molecule has 1 N–H and O–H groups in total. The van der Waals surface area contributed by atoms with Crippen molar-refractivity contribution in [3.63, 3.8) is 0 Å². The number of amides is 1.